The fourth-order valence-corrected chi connectivity index (χ4v) is 2.83. The van der Waals surface area contributed by atoms with E-state index in [4.69, 9.17) is 17.3 Å². The lowest BCUT2D eigenvalue weighted by molar-refractivity contribution is -0.481. The summed E-state index contributed by atoms with van der Waals surface area (Å²) >= 11 is 5.99. The lowest BCUT2D eigenvalue weighted by Gasteiger charge is -2.19. The van der Waals surface area contributed by atoms with Gasteiger partial charge in [0.2, 0.25) is 6.54 Å². The van der Waals surface area contributed by atoms with Gasteiger partial charge in [-0.2, -0.15) is 0 Å². The van der Waals surface area contributed by atoms with Gasteiger partial charge in [0.1, 0.15) is 11.6 Å². The van der Waals surface area contributed by atoms with Crippen LogP contribution in [0.1, 0.15) is 17.0 Å². The normalized spacial score (nSPS) is 12.2. The zero-order chi connectivity index (χ0) is 18.2. The van der Waals surface area contributed by atoms with Crippen LogP contribution < -0.4 is 17.0 Å². The van der Waals surface area contributed by atoms with Gasteiger partial charge in [0, 0.05) is 29.6 Å². The van der Waals surface area contributed by atoms with Gasteiger partial charge >= 0.3 is 5.69 Å². The fraction of sp³-hybridized carbons (Fsp3) is 0.286. The molecule has 0 saturated carbocycles. The lowest BCUT2D eigenvalue weighted by atomic mass is 9.91. The number of benzene rings is 1. The van der Waals surface area contributed by atoms with Crippen molar-refractivity contribution in [2.75, 3.05) is 12.3 Å². The van der Waals surface area contributed by atoms with Crippen LogP contribution in [-0.2, 0) is 14.1 Å². The first-order valence-corrected chi connectivity index (χ1v) is 7.15. The average Bonchev–Trinajstić information content (AvgIpc) is 2.50. The molecule has 1 aromatic heterocycles. The van der Waals surface area contributed by atoms with Gasteiger partial charge in [-0.25, -0.2) is 9.18 Å². The summed E-state index contributed by atoms with van der Waals surface area (Å²) in [5.74, 6) is -2.40. The van der Waals surface area contributed by atoms with E-state index in [0.717, 1.165) is 15.2 Å². The average molecular weight is 357 g/mol. The van der Waals surface area contributed by atoms with Crippen molar-refractivity contribution < 1.29 is 9.31 Å². The first kappa shape index (κ1) is 17.7. The number of aromatic nitrogens is 2. The van der Waals surface area contributed by atoms with Crippen molar-refractivity contribution in [3.05, 3.63) is 71.1 Å². The third kappa shape index (κ3) is 2.90. The monoisotopic (exact) mass is 356 g/mol. The number of rotatable bonds is 4. The summed E-state index contributed by atoms with van der Waals surface area (Å²) in [5, 5.41) is 11.0. The Morgan fingerprint density at radius 3 is 2.46 bits per heavy atom. The number of hydrogen-bond acceptors (Lipinski definition) is 5. The molecule has 0 amide bonds. The predicted octanol–water partition coefficient (Wildman–Crippen LogP) is 0.867. The Hall–Kier alpha value is -2.68. The zero-order valence-corrected chi connectivity index (χ0v) is 13.6. The molecule has 24 heavy (non-hydrogen) atoms. The van der Waals surface area contributed by atoms with Crippen molar-refractivity contribution >= 4 is 17.4 Å². The summed E-state index contributed by atoms with van der Waals surface area (Å²) in [6, 6.07) is 3.78. The van der Waals surface area contributed by atoms with E-state index < -0.39 is 34.5 Å². The highest BCUT2D eigenvalue weighted by Gasteiger charge is 2.31. The second-order valence-electron chi connectivity index (χ2n) is 5.21. The summed E-state index contributed by atoms with van der Waals surface area (Å²) in [6.07, 6.45) is 0. The zero-order valence-electron chi connectivity index (χ0n) is 12.8. The second kappa shape index (κ2) is 6.44. The minimum atomic E-state index is -1.33. The van der Waals surface area contributed by atoms with Crippen molar-refractivity contribution in [3.8, 4) is 0 Å². The molecule has 2 N–H and O–H groups in total. The third-order valence-corrected chi connectivity index (χ3v) is 4.10. The number of nitro groups is 1. The summed E-state index contributed by atoms with van der Waals surface area (Å²) < 4.78 is 16.0. The van der Waals surface area contributed by atoms with Crippen LogP contribution in [0.5, 0.6) is 0 Å². The molecular formula is C14H14ClFN4O4. The predicted molar refractivity (Wildman–Crippen MR) is 86.5 cm³/mol. The van der Waals surface area contributed by atoms with E-state index in [0.29, 0.717) is 0 Å². The molecule has 0 aliphatic rings. The van der Waals surface area contributed by atoms with Crippen LogP contribution >= 0.6 is 11.6 Å². The van der Waals surface area contributed by atoms with Crippen LogP contribution in [0.3, 0.4) is 0 Å². The molecule has 0 fully saturated rings. The Labute approximate surface area is 140 Å². The standard InChI is InChI=1S/C14H14ClFN4O4/c1-18-12(17)11(13(21)19(2)14(18)22)7(6-20(23)24)10-8(15)4-3-5-9(10)16/h3-5,7H,6,17H2,1-2H3/t7-/m1/s1. The fourth-order valence-electron chi connectivity index (χ4n) is 2.53. The molecule has 0 bridgehead atoms. The van der Waals surface area contributed by atoms with E-state index in [1.165, 1.54) is 26.2 Å². The molecule has 1 heterocycles. The summed E-state index contributed by atoms with van der Waals surface area (Å²) in [7, 11) is 2.52. The minimum absolute atomic E-state index is 0.0721. The van der Waals surface area contributed by atoms with E-state index in [-0.39, 0.29) is 22.0 Å². The number of hydrogen-bond donors (Lipinski definition) is 1. The Morgan fingerprint density at radius 2 is 1.92 bits per heavy atom. The molecule has 0 spiro atoms. The van der Waals surface area contributed by atoms with Crippen LogP contribution in [0.15, 0.2) is 27.8 Å². The number of nitrogens with zero attached hydrogens (tertiary/aromatic N) is 3. The smallest absolute Gasteiger partial charge is 0.332 e. The van der Waals surface area contributed by atoms with Crippen LogP contribution in [-0.4, -0.2) is 20.6 Å². The molecule has 0 radical (unpaired) electrons. The number of halogens is 2. The van der Waals surface area contributed by atoms with Crippen molar-refractivity contribution in [3.63, 3.8) is 0 Å². The van der Waals surface area contributed by atoms with Crippen LogP contribution in [0.4, 0.5) is 10.2 Å². The Morgan fingerprint density at radius 1 is 1.29 bits per heavy atom. The number of anilines is 1. The minimum Gasteiger partial charge on any atom is -0.385 e. The molecule has 10 heteroatoms. The molecule has 0 saturated heterocycles. The maximum atomic E-state index is 14.3. The van der Waals surface area contributed by atoms with Crippen LogP contribution in [0.2, 0.25) is 5.02 Å². The molecule has 1 aromatic carbocycles. The van der Waals surface area contributed by atoms with E-state index in [1.54, 1.807) is 0 Å². The molecule has 0 aliphatic heterocycles. The number of nitrogen functional groups attached to an aromatic ring is 1. The highest BCUT2D eigenvalue weighted by Crippen LogP contribution is 2.33. The highest BCUT2D eigenvalue weighted by atomic mass is 35.5. The van der Waals surface area contributed by atoms with Gasteiger partial charge in [0.25, 0.3) is 5.56 Å². The van der Waals surface area contributed by atoms with E-state index in [2.05, 4.69) is 0 Å². The van der Waals surface area contributed by atoms with Crippen molar-refractivity contribution in [1.82, 2.24) is 9.13 Å². The topological polar surface area (TPSA) is 113 Å². The van der Waals surface area contributed by atoms with Gasteiger partial charge in [0.15, 0.2) is 0 Å². The SMILES string of the molecule is Cn1c(N)c([C@H](C[N+](=O)[O-])c2c(F)cccc2Cl)c(=O)n(C)c1=O. The van der Waals surface area contributed by atoms with Gasteiger partial charge in [-0.05, 0) is 12.1 Å². The quantitative estimate of drug-likeness (QED) is 0.645. The Kier molecular flexibility index (Phi) is 4.74. The first-order chi connectivity index (χ1) is 11.2. The Balaban J connectivity index is 2.88. The van der Waals surface area contributed by atoms with E-state index in [1.807, 2.05) is 0 Å². The summed E-state index contributed by atoms with van der Waals surface area (Å²) in [6.45, 7) is -0.807. The molecular weight excluding hydrogens is 343 g/mol. The largest absolute Gasteiger partial charge is 0.385 e. The molecule has 0 unspecified atom stereocenters. The molecule has 0 aliphatic carbocycles. The van der Waals surface area contributed by atoms with Gasteiger partial charge in [-0.15, -0.1) is 0 Å². The van der Waals surface area contributed by atoms with Crippen molar-refractivity contribution in [1.29, 1.82) is 0 Å². The third-order valence-electron chi connectivity index (χ3n) is 3.77. The highest BCUT2D eigenvalue weighted by molar-refractivity contribution is 6.31. The second-order valence-corrected chi connectivity index (χ2v) is 5.62. The summed E-state index contributed by atoms with van der Waals surface area (Å²) in [4.78, 5) is 34.7. The lowest BCUT2D eigenvalue weighted by Crippen LogP contribution is -2.42. The maximum Gasteiger partial charge on any atom is 0.332 e. The molecule has 128 valence electrons. The Bertz CT molecular complexity index is 917. The van der Waals surface area contributed by atoms with Crippen molar-refractivity contribution in [2.24, 2.45) is 14.1 Å². The van der Waals surface area contributed by atoms with Gasteiger partial charge in [0.05, 0.1) is 11.5 Å². The van der Waals surface area contributed by atoms with Gasteiger partial charge in [-0.3, -0.25) is 24.0 Å². The molecule has 1 atom stereocenters. The molecule has 2 rings (SSSR count). The first-order valence-electron chi connectivity index (χ1n) is 6.77. The maximum absolute atomic E-state index is 14.3. The van der Waals surface area contributed by atoms with Crippen molar-refractivity contribution in [2.45, 2.75) is 5.92 Å². The van der Waals surface area contributed by atoms with Crippen LogP contribution in [0.25, 0.3) is 0 Å². The molecule has 2 aromatic rings. The summed E-state index contributed by atoms with van der Waals surface area (Å²) in [5.41, 5.74) is 3.85. The van der Waals surface area contributed by atoms with E-state index in [9.17, 15) is 24.1 Å². The molecule has 8 nitrogen and oxygen atoms in total. The van der Waals surface area contributed by atoms with E-state index >= 15 is 0 Å². The van der Waals surface area contributed by atoms with Gasteiger partial charge < -0.3 is 5.73 Å². The number of nitrogens with two attached hydrogens (primary N) is 1. The van der Waals surface area contributed by atoms with Gasteiger partial charge in [-0.1, -0.05) is 17.7 Å². The van der Waals surface area contributed by atoms with Crippen LogP contribution in [0, 0.1) is 15.9 Å².